The molecule has 0 unspecified atom stereocenters. The van der Waals surface area contributed by atoms with Gasteiger partial charge in [0, 0.05) is 25.7 Å². The van der Waals surface area contributed by atoms with E-state index in [-0.39, 0.29) is 10.7 Å². The van der Waals surface area contributed by atoms with Gasteiger partial charge in [0.1, 0.15) is 11.3 Å². The van der Waals surface area contributed by atoms with Crippen LogP contribution in [0.3, 0.4) is 0 Å². The minimum absolute atomic E-state index is 0.0313. The van der Waals surface area contributed by atoms with Gasteiger partial charge in [-0.15, -0.1) is 0 Å². The number of rotatable bonds is 5. The smallest absolute Gasteiger partial charge is 0.270 e. The number of carbonyl (C=O) groups is 2. The highest BCUT2D eigenvalue weighted by molar-refractivity contribution is 7.80. The number of anilines is 2. The van der Waals surface area contributed by atoms with Crippen molar-refractivity contribution < 1.29 is 18.7 Å². The standard InChI is InChI=1S/C22H23N3O4S/c1-2-10-24-20(26)18(21(27)25(22(24)30)16-6-4-3-5-7-16)15-17-8-9-19(29-17)23-11-13-28-14-12-23/h3-9,15H,2,10-14H2,1H3/b18-15+. The highest BCUT2D eigenvalue weighted by atomic mass is 32.1. The Morgan fingerprint density at radius 2 is 1.77 bits per heavy atom. The molecule has 2 aliphatic heterocycles. The van der Waals surface area contributed by atoms with Crippen LogP contribution < -0.4 is 9.80 Å². The van der Waals surface area contributed by atoms with Crippen molar-refractivity contribution in [1.29, 1.82) is 0 Å². The van der Waals surface area contributed by atoms with Crippen molar-refractivity contribution >= 4 is 46.8 Å². The first kappa shape index (κ1) is 20.3. The summed E-state index contributed by atoms with van der Waals surface area (Å²) < 4.78 is 11.3. The summed E-state index contributed by atoms with van der Waals surface area (Å²) in [6.45, 7) is 5.16. The Bertz CT molecular complexity index is 979. The number of amides is 2. The van der Waals surface area contributed by atoms with E-state index in [0.717, 1.165) is 19.5 Å². The Morgan fingerprint density at radius 3 is 2.47 bits per heavy atom. The van der Waals surface area contributed by atoms with E-state index in [1.165, 1.54) is 15.9 Å². The number of benzene rings is 1. The number of hydrogen-bond donors (Lipinski definition) is 0. The molecule has 7 nitrogen and oxygen atoms in total. The van der Waals surface area contributed by atoms with Gasteiger partial charge in [0.15, 0.2) is 11.0 Å². The first-order valence-electron chi connectivity index (χ1n) is 9.99. The molecule has 0 N–H and O–H groups in total. The monoisotopic (exact) mass is 425 g/mol. The number of nitrogens with zero attached hydrogens (tertiary/aromatic N) is 3. The summed E-state index contributed by atoms with van der Waals surface area (Å²) in [4.78, 5) is 31.3. The topological polar surface area (TPSA) is 66.2 Å². The molecule has 1 aromatic heterocycles. The first-order chi connectivity index (χ1) is 14.6. The molecule has 30 heavy (non-hydrogen) atoms. The molecule has 3 heterocycles. The molecule has 2 fully saturated rings. The van der Waals surface area contributed by atoms with E-state index < -0.39 is 11.8 Å². The van der Waals surface area contributed by atoms with Gasteiger partial charge in [-0.1, -0.05) is 25.1 Å². The number of hydrogen-bond acceptors (Lipinski definition) is 6. The average molecular weight is 426 g/mol. The maximum absolute atomic E-state index is 13.3. The molecule has 0 spiro atoms. The molecule has 156 valence electrons. The van der Waals surface area contributed by atoms with E-state index in [0.29, 0.717) is 37.1 Å². The lowest BCUT2D eigenvalue weighted by Crippen LogP contribution is -2.56. The van der Waals surface area contributed by atoms with Crippen LogP contribution in [0.2, 0.25) is 0 Å². The van der Waals surface area contributed by atoms with E-state index >= 15 is 0 Å². The molecule has 0 bridgehead atoms. The summed E-state index contributed by atoms with van der Waals surface area (Å²) in [6.07, 6.45) is 2.23. The number of ether oxygens (including phenoxy) is 1. The molecular weight excluding hydrogens is 402 g/mol. The van der Waals surface area contributed by atoms with Crippen molar-refractivity contribution in [3.8, 4) is 0 Å². The number of furan rings is 1. The zero-order chi connectivity index (χ0) is 21.1. The molecule has 1 aromatic carbocycles. The maximum Gasteiger partial charge on any atom is 0.270 e. The van der Waals surface area contributed by atoms with Crippen molar-refractivity contribution in [2.45, 2.75) is 13.3 Å². The minimum Gasteiger partial charge on any atom is -0.441 e. The molecule has 2 saturated heterocycles. The van der Waals surface area contributed by atoms with Gasteiger partial charge in [0.2, 0.25) is 0 Å². The third-order valence-corrected chi connectivity index (χ3v) is 5.42. The fraction of sp³-hybridized carbons (Fsp3) is 0.318. The summed E-state index contributed by atoms with van der Waals surface area (Å²) in [6, 6.07) is 12.7. The summed E-state index contributed by atoms with van der Waals surface area (Å²) in [5.41, 5.74) is 0.657. The molecule has 2 amide bonds. The highest BCUT2D eigenvalue weighted by Gasteiger charge is 2.40. The predicted molar refractivity (Wildman–Crippen MR) is 118 cm³/mol. The largest absolute Gasteiger partial charge is 0.441 e. The van der Waals surface area contributed by atoms with Gasteiger partial charge in [0.05, 0.1) is 18.9 Å². The van der Waals surface area contributed by atoms with Gasteiger partial charge < -0.3 is 14.1 Å². The van der Waals surface area contributed by atoms with Crippen molar-refractivity contribution in [3.63, 3.8) is 0 Å². The molecule has 4 rings (SSSR count). The lowest BCUT2D eigenvalue weighted by molar-refractivity contribution is -0.127. The van der Waals surface area contributed by atoms with Crippen LogP contribution in [0.1, 0.15) is 19.1 Å². The maximum atomic E-state index is 13.3. The molecule has 0 aliphatic carbocycles. The Labute approximate surface area is 180 Å². The van der Waals surface area contributed by atoms with E-state index in [1.807, 2.05) is 31.2 Å². The Hall–Kier alpha value is -2.97. The lowest BCUT2D eigenvalue weighted by atomic mass is 10.1. The fourth-order valence-electron chi connectivity index (χ4n) is 3.52. The number of carbonyl (C=O) groups excluding carboxylic acids is 2. The number of para-hydroxylation sites is 1. The Kier molecular flexibility index (Phi) is 5.96. The average Bonchev–Trinajstić information content (AvgIpc) is 3.24. The highest BCUT2D eigenvalue weighted by Crippen LogP contribution is 2.28. The van der Waals surface area contributed by atoms with Gasteiger partial charge in [-0.25, -0.2) is 0 Å². The van der Waals surface area contributed by atoms with Gasteiger partial charge in [-0.2, -0.15) is 0 Å². The third kappa shape index (κ3) is 3.88. The lowest BCUT2D eigenvalue weighted by Gasteiger charge is -2.36. The summed E-state index contributed by atoms with van der Waals surface area (Å²) in [5.74, 6) is 0.295. The SMILES string of the molecule is CCCN1C(=O)/C(=C\c2ccc(N3CCOCC3)o2)C(=O)N(c2ccccc2)C1=S. The Morgan fingerprint density at radius 1 is 1.03 bits per heavy atom. The van der Waals surface area contributed by atoms with E-state index in [4.69, 9.17) is 21.4 Å². The van der Waals surface area contributed by atoms with Gasteiger partial charge in [-0.05, 0) is 42.9 Å². The van der Waals surface area contributed by atoms with Gasteiger partial charge in [-0.3, -0.25) is 19.4 Å². The predicted octanol–water partition coefficient (Wildman–Crippen LogP) is 3.07. The van der Waals surface area contributed by atoms with Crippen LogP contribution in [0, 0.1) is 0 Å². The van der Waals surface area contributed by atoms with Crippen LogP contribution in [0.4, 0.5) is 11.6 Å². The third-order valence-electron chi connectivity index (χ3n) is 5.01. The zero-order valence-corrected chi connectivity index (χ0v) is 17.6. The van der Waals surface area contributed by atoms with Crippen molar-refractivity contribution in [3.05, 3.63) is 53.8 Å². The molecule has 8 heteroatoms. The van der Waals surface area contributed by atoms with Crippen molar-refractivity contribution in [2.75, 3.05) is 42.6 Å². The van der Waals surface area contributed by atoms with E-state index in [1.54, 1.807) is 18.2 Å². The van der Waals surface area contributed by atoms with Crippen LogP contribution in [0.5, 0.6) is 0 Å². The molecule has 0 atom stereocenters. The van der Waals surface area contributed by atoms with Crippen LogP contribution in [0.25, 0.3) is 6.08 Å². The van der Waals surface area contributed by atoms with Gasteiger partial charge >= 0.3 is 0 Å². The number of thiocarbonyl (C=S) groups is 1. The van der Waals surface area contributed by atoms with Crippen molar-refractivity contribution in [1.82, 2.24) is 4.90 Å². The molecule has 0 radical (unpaired) electrons. The second-order valence-corrected chi connectivity index (χ2v) is 7.41. The normalized spacial score (nSPS) is 19.2. The van der Waals surface area contributed by atoms with E-state index in [2.05, 4.69) is 4.90 Å². The fourth-order valence-corrected chi connectivity index (χ4v) is 3.88. The minimum atomic E-state index is -0.451. The van der Waals surface area contributed by atoms with Crippen LogP contribution in [-0.2, 0) is 14.3 Å². The van der Waals surface area contributed by atoms with Crippen molar-refractivity contribution in [2.24, 2.45) is 0 Å². The second-order valence-electron chi connectivity index (χ2n) is 7.05. The van der Waals surface area contributed by atoms with E-state index in [9.17, 15) is 9.59 Å². The molecular formula is C22H23N3O4S. The van der Waals surface area contributed by atoms with Crippen LogP contribution >= 0.6 is 12.2 Å². The Balaban J connectivity index is 1.68. The quantitative estimate of drug-likeness (QED) is 0.417. The summed E-state index contributed by atoms with van der Waals surface area (Å²) >= 11 is 5.50. The first-order valence-corrected chi connectivity index (χ1v) is 10.4. The second kappa shape index (κ2) is 8.81. The summed E-state index contributed by atoms with van der Waals surface area (Å²) in [7, 11) is 0. The van der Waals surface area contributed by atoms with Gasteiger partial charge in [0.25, 0.3) is 11.8 Å². The zero-order valence-electron chi connectivity index (χ0n) is 16.7. The van der Waals surface area contributed by atoms with Crippen LogP contribution in [-0.4, -0.2) is 54.7 Å². The number of morpholine rings is 1. The summed E-state index contributed by atoms with van der Waals surface area (Å²) in [5, 5.41) is 0.198. The molecule has 0 saturated carbocycles. The van der Waals surface area contributed by atoms with Crippen LogP contribution in [0.15, 0.2) is 52.5 Å². The molecule has 2 aliphatic rings. The molecule has 2 aromatic rings.